The standard InChI is InChI=1S/C22H23ClN2O2/c23-20-9-3-7-17(13-20)21(26)24-11-4-8-19(15-24)22(27)25-12-10-16-5-1-2-6-18(16)14-25/h1-3,5-7,9,13,19H,4,8,10-12,14-15H2/t19-/m1/s1. The van der Waals surface area contributed by atoms with Crippen molar-refractivity contribution in [2.45, 2.75) is 25.8 Å². The predicted molar refractivity (Wildman–Crippen MR) is 106 cm³/mol. The maximum absolute atomic E-state index is 13.1. The lowest BCUT2D eigenvalue weighted by atomic mass is 9.93. The highest BCUT2D eigenvalue weighted by molar-refractivity contribution is 6.30. The monoisotopic (exact) mass is 382 g/mol. The Morgan fingerprint density at radius 3 is 2.59 bits per heavy atom. The second-order valence-electron chi connectivity index (χ2n) is 7.38. The summed E-state index contributed by atoms with van der Waals surface area (Å²) >= 11 is 6.02. The Morgan fingerprint density at radius 2 is 1.78 bits per heavy atom. The Kier molecular flexibility index (Phi) is 5.17. The summed E-state index contributed by atoms with van der Waals surface area (Å²) in [6.45, 7) is 2.61. The quantitative estimate of drug-likeness (QED) is 0.793. The molecule has 2 amide bonds. The topological polar surface area (TPSA) is 40.6 Å². The van der Waals surface area contributed by atoms with Crippen LogP contribution in [0.25, 0.3) is 0 Å². The number of benzene rings is 2. The highest BCUT2D eigenvalue weighted by atomic mass is 35.5. The van der Waals surface area contributed by atoms with Gasteiger partial charge in [0.15, 0.2) is 0 Å². The van der Waals surface area contributed by atoms with Gasteiger partial charge in [0.05, 0.1) is 5.92 Å². The summed E-state index contributed by atoms with van der Waals surface area (Å²) < 4.78 is 0. The Bertz CT molecular complexity index is 867. The maximum Gasteiger partial charge on any atom is 0.253 e. The fraction of sp³-hybridized carbons (Fsp3) is 0.364. The van der Waals surface area contributed by atoms with E-state index in [2.05, 4.69) is 18.2 Å². The molecule has 4 nitrogen and oxygen atoms in total. The number of amides is 2. The zero-order chi connectivity index (χ0) is 18.8. The van der Waals surface area contributed by atoms with Crippen molar-refractivity contribution in [3.63, 3.8) is 0 Å². The van der Waals surface area contributed by atoms with Crippen LogP contribution >= 0.6 is 11.6 Å². The van der Waals surface area contributed by atoms with Gasteiger partial charge in [-0.3, -0.25) is 9.59 Å². The zero-order valence-corrected chi connectivity index (χ0v) is 16.0. The molecule has 1 fully saturated rings. The van der Waals surface area contributed by atoms with Gasteiger partial charge >= 0.3 is 0 Å². The first-order chi connectivity index (χ1) is 13.1. The van der Waals surface area contributed by atoms with Crippen LogP contribution in [-0.4, -0.2) is 41.2 Å². The van der Waals surface area contributed by atoms with Crippen molar-refractivity contribution in [1.82, 2.24) is 9.80 Å². The molecule has 0 bridgehead atoms. The molecule has 27 heavy (non-hydrogen) atoms. The fourth-order valence-electron chi connectivity index (χ4n) is 4.11. The van der Waals surface area contributed by atoms with Crippen molar-refractivity contribution in [2.24, 2.45) is 5.92 Å². The normalized spacial score (nSPS) is 19.5. The number of hydrogen-bond acceptors (Lipinski definition) is 2. The second-order valence-corrected chi connectivity index (χ2v) is 7.82. The van der Waals surface area contributed by atoms with Gasteiger partial charge in [-0.1, -0.05) is 41.9 Å². The first-order valence-corrected chi connectivity index (χ1v) is 9.90. The molecule has 2 aromatic rings. The number of carbonyl (C=O) groups excluding carboxylic acids is 2. The van der Waals surface area contributed by atoms with Crippen molar-refractivity contribution in [2.75, 3.05) is 19.6 Å². The van der Waals surface area contributed by atoms with E-state index in [1.165, 1.54) is 11.1 Å². The Balaban J connectivity index is 1.44. The Morgan fingerprint density at radius 1 is 0.963 bits per heavy atom. The number of piperidine rings is 1. The van der Waals surface area contributed by atoms with Gasteiger partial charge in [0.2, 0.25) is 5.91 Å². The summed E-state index contributed by atoms with van der Waals surface area (Å²) in [6, 6.07) is 15.3. The summed E-state index contributed by atoms with van der Waals surface area (Å²) in [5.74, 6) is 0.0132. The van der Waals surface area contributed by atoms with Crippen LogP contribution in [0.5, 0.6) is 0 Å². The minimum absolute atomic E-state index is 0.0426. The van der Waals surface area contributed by atoms with Gasteiger partial charge < -0.3 is 9.80 Å². The lowest BCUT2D eigenvalue weighted by molar-refractivity contribution is -0.137. The van der Waals surface area contributed by atoms with Gasteiger partial charge in [-0.05, 0) is 48.6 Å². The van der Waals surface area contributed by atoms with Crippen LogP contribution in [0.15, 0.2) is 48.5 Å². The van der Waals surface area contributed by atoms with E-state index >= 15 is 0 Å². The molecule has 140 valence electrons. The van der Waals surface area contributed by atoms with Crippen LogP contribution in [0.3, 0.4) is 0 Å². The highest BCUT2D eigenvalue weighted by Crippen LogP contribution is 2.25. The second kappa shape index (κ2) is 7.73. The lowest BCUT2D eigenvalue weighted by Crippen LogP contribution is -2.47. The zero-order valence-electron chi connectivity index (χ0n) is 15.2. The van der Waals surface area contributed by atoms with E-state index in [1.807, 2.05) is 11.0 Å². The minimum atomic E-state index is -0.118. The van der Waals surface area contributed by atoms with Crippen molar-refractivity contribution < 1.29 is 9.59 Å². The summed E-state index contributed by atoms with van der Waals surface area (Å²) in [5, 5.41) is 0.553. The van der Waals surface area contributed by atoms with E-state index < -0.39 is 0 Å². The number of likely N-dealkylation sites (tertiary alicyclic amines) is 1. The molecule has 1 atom stereocenters. The van der Waals surface area contributed by atoms with E-state index in [4.69, 9.17) is 11.6 Å². The van der Waals surface area contributed by atoms with Gasteiger partial charge in [-0.2, -0.15) is 0 Å². The molecule has 0 unspecified atom stereocenters. The van der Waals surface area contributed by atoms with E-state index in [1.54, 1.807) is 29.2 Å². The number of hydrogen-bond donors (Lipinski definition) is 0. The molecule has 0 radical (unpaired) electrons. The molecule has 4 rings (SSSR count). The van der Waals surface area contributed by atoms with Crippen molar-refractivity contribution in [3.8, 4) is 0 Å². The molecule has 1 saturated heterocycles. The molecular weight excluding hydrogens is 360 g/mol. The van der Waals surface area contributed by atoms with Gasteiger partial charge in [0, 0.05) is 36.8 Å². The third-order valence-electron chi connectivity index (χ3n) is 5.57. The Labute approximate surface area is 164 Å². The van der Waals surface area contributed by atoms with Crippen LogP contribution < -0.4 is 0 Å². The molecule has 0 N–H and O–H groups in total. The number of carbonyl (C=O) groups is 2. The minimum Gasteiger partial charge on any atom is -0.338 e. The largest absolute Gasteiger partial charge is 0.338 e. The first-order valence-electron chi connectivity index (χ1n) is 9.52. The van der Waals surface area contributed by atoms with Gasteiger partial charge in [0.1, 0.15) is 0 Å². The summed E-state index contributed by atoms with van der Waals surface area (Å²) in [6.07, 6.45) is 2.60. The average molecular weight is 383 g/mol. The number of fused-ring (bicyclic) bond motifs is 1. The lowest BCUT2D eigenvalue weighted by Gasteiger charge is -2.36. The SMILES string of the molecule is O=C(c1cccc(Cl)c1)N1CCC[C@@H](C(=O)N2CCc3ccccc3C2)C1. The first kappa shape index (κ1) is 18.1. The molecule has 2 heterocycles. The molecule has 5 heteroatoms. The van der Waals surface area contributed by atoms with Gasteiger partial charge in [-0.25, -0.2) is 0 Å². The molecule has 0 saturated carbocycles. The van der Waals surface area contributed by atoms with Crippen molar-refractivity contribution >= 4 is 23.4 Å². The third kappa shape index (κ3) is 3.86. The van der Waals surface area contributed by atoms with Crippen LogP contribution in [-0.2, 0) is 17.8 Å². The van der Waals surface area contributed by atoms with Gasteiger partial charge in [-0.15, -0.1) is 0 Å². The number of rotatable bonds is 2. The number of nitrogens with zero attached hydrogens (tertiary/aromatic N) is 2. The average Bonchev–Trinajstić information content (AvgIpc) is 2.72. The molecular formula is C22H23ClN2O2. The van der Waals surface area contributed by atoms with E-state index in [9.17, 15) is 9.59 Å². The van der Waals surface area contributed by atoms with E-state index in [-0.39, 0.29) is 17.7 Å². The van der Waals surface area contributed by atoms with Crippen molar-refractivity contribution in [3.05, 3.63) is 70.2 Å². The summed E-state index contributed by atoms with van der Waals surface area (Å²) in [4.78, 5) is 29.7. The summed E-state index contributed by atoms with van der Waals surface area (Å²) in [5.41, 5.74) is 3.16. The molecule has 2 aliphatic heterocycles. The predicted octanol–water partition coefficient (Wildman–Crippen LogP) is 3.78. The molecule has 2 aliphatic rings. The summed E-state index contributed by atoms with van der Waals surface area (Å²) in [7, 11) is 0. The molecule has 2 aromatic carbocycles. The van der Waals surface area contributed by atoms with Gasteiger partial charge in [0.25, 0.3) is 5.91 Å². The smallest absolute Gasteiger partial charge is 0.253 e. The van der Waals surface area contributed by atoms with Crippen LogP contribution in [0.2, 0.25) is 5.02 Å². The van der Waals surface area contributed by atoms with Crippen LogP contribution in [0, 0.1) is 5.92 Å². The molecule has 0 aromatic heterocycles. The maximum atomic E-state index is 13.1. The molecule has 0 spiro atoms. The van der Waals surface area contributed by atoms with E-state index in [0.717, 1.165) is 25.8 Å². The van der Waals surface area contributed by atoms with Crippen molar-refractivity contribution in [1.29, 1.82) is 0 Å². The van der Waals surface area contributed by atoms with Crippen LogP contribution in [0.1, 0.15) is 34.3 Å². The highest BCUT2D eigenvalue weighted by Gasteiger charge is 2.32. The van der Waals surface area contributed by atoms with E-state index in [0.29, 0.717) is 30.2 Å². The van der Waals surface area contributed by atoms with Crippen LogP contribution in [0.4, 0.5) is 0 Å². The fourth-order valence-corrected chi connectivity index (χ4v) is 4.30. The third-order valence-corrected chi connectivity index (χ3v) is 5.81. The Hall–Kier alpha value is -2.33. The molecule has 0 aliphatic carbocycles. The number of halogens is 1.